The highest BCUT2D eigenvalue weighted by molar-refractivity contribution is 6.00. The molecule has 1 aliphatic heterocycles. The van der Waals surface area contributed by atoms with E-state index in [1.807, 2.05) is 4.90 Å². The normalized spacial score (nSPS) is 19.8. The number of carbonyl (C=O) groups is 2. The number of fused-ring (bicyclic) bond motifs is 1. The van der Waals surface area contributed by atoms with Crippen LogP contribution in [0.5, 0.6) is 5.75 Å². The van der Waals surface area contributed by atoms with Crippen molar-refractivity contribution in [2.75, 3.05) is 13.1 Å². The number of hydrogen-bond acceptors (Lipinski definition) is 4. The minimum Gasteiger partial charge on any atom is -0.432 e. The Morgan fingerprint density at radius 2 is 2.03 bits per heavy atom. The number of nitrogens with zero attached hydrogens (tertiary/aromatic N) is 2. The Kier molecular flexibility index (Phi) is 5.78. The Morgan fingerprint density at radius 3 is 2.77 bits per heavy atom. The van der Waals surface area contributed by atoms with Gasteiger partial charge in [-0.15, -0.1) is 0 Å². The number of ether oxygens (including phenoxy) is 1. The van der Waals surface area contributed by atoms with Crippen LogP contribution in [0, 0.1) is 11.7 Å². The first kappa shape index (κ1) is 20.4. The number of aromatic nitrogens is 1. The number of pyridine rings is 1. The van der Waals surface area contributed by atoms with Crippen molar-refractivity contribution in [3.63, 3.8) is 0 Å². The van der Waals surface area contributed by atoms with Crippen LogP contribution >= 0.6 is 0 Å². The first-order valence-corrected chi connectivity index (χ1v) is 10.0. The number of alkyl halides is 2. The van der Waals surface area contributed by atoms with Crippen LogP contribution < -0.4 is 10.1 Å². The van der Waals surface area contributed by atoms with Crippen molar-refractivity contribution in [1.82, 2.24) is 15.2 Å². The number of amides is 2. The molecule has 1 saturated heterocycles. The zero-order valence-electron chi connectivity index (χ0n) is 16.2. The second kappa shape index (κ2) is 8.49. The molecule has 1 aromatic carbocycles. The molecule has 1 atom stereocenters. The number of nitrogens with one attached hydrogen (secondary N) is 1. The van der Waals surface area contributed by atoms with Crippen LogP contribution in [-0.2, 0) is 4.79 Å². The summed E-state index contributed by atoms with van der Waals surface area (Å²) in [6.45, 7) is -1.79. The average Bonchev–Trinajstić information content (AvgIpc) is 3.33. The summed E-state index contributed by atoms with van der Waals surface area (Å²) in [4.78, 5) is 31.1. The number of hydrogen-bond donors (Lipinski definition) is 1. The van der Waals surface area contributed by atoms with E-state index in [1.54, 1.807) is 0 Å². The van der Waals surface area contributed by atoms with E-state index in [4.69, 9.17) is 0 Å². The summed E-state index contributed by atoms with van der Waals surface area (Å²) < 4.78 is 42.8. The Hall–Kier alpha value is -2.84. The van der Waals surface area contributed by atoms with Crippen molar-refractivity contribution in [3.8, 4) is 5.75 Å². The van der Waals surface area contributed by atoms with E-state index in [1.165, 1.54) is 25.1 Å². The number of carbonyl (C=O) groups excluding carboxylic acids is 2. The third kappa shape index (κ3) is 4.34. The van der Waals surface area contributed by atoms with E-state index in [0.717, 1.165) is 31.5 Å². The predicted molar refractivity (Wildman–Crippen MR) is 105 cm³/mol. The van der Waals surface area contributed by atoms with E-state index in [2.05, 4.69) is 15.0 Å². The third-order valence-corrected chi connectivity index (χ3v) is 5.77. The zero-order valence-corrected chi connectivity index (χ0v) is 16.2. The monoisotopic (exact) mass is 423 g/mol. The van der Waals surface area contributed by atoms with Gasteiger partial charge in [0, 0.05) is 32.2 Å². The lowest BCUT2D eigenvalue weighted by molar-refractivity contribution is -0.129. The van der Waals surface area contributed by atoms with Gasteiger partial charge < -0.3 is 15.0 Å². The molecule has 0 unspecified atom stereocenters. The van der Waals surface area contributed by atoms with Crippen LogP contribution in [-0.4, -0.2) is 47.4 Å². The minimum atomic E-state index is -3.15. The summed E-state index contributed by atoms with van der Waals surface area (Å²) in [6, 6.07) is 2.86. The maximum Gasteiger partial charge on any atom is 0.387 e. The van der Waals surface area contributed by atoms with E-state index >= 15 is 0 Å². The van der Waals surface area contributed by atoms with E-state index in [9.17, 15) is 22.8 Å². The van der Waals surface area contributed by atoms with E-state index in [0.29, 0.717) is 18.9 Å². The van der Waals surface area contributed by atoms with Gasteiger partial charge in [0.1, 0.15) is 6.04 Å². The third-order valence-electron chi connectivity index (χ3n) is 5.77. The first-order chi connectivity index (χ1) is 14.4. The molecule has 1 saturated carbocycles. The molecule has 4 rings (SSSR count). The Balaban J connectivity index is 0.00000272. The second-order valence-electron chi connectivity index (χ2n) is 7.83. The highest BCUT2D eigenvalue weighted by atomic mass is 19.3. The number of halogens is 3. The highest BCUT2D eigenvalue weighted by Crippen LogP contribution is 2.28. The lowest BCUT2D eigenvalue weighted by Crippen LogP contribution is -2.42. The van der Waals surface area contributed by atoms with Crippen LogP contribution in [0.2, 0.25) is 0 Å². The van der Waals surface area contributed by atoms with Gasteiger partial charge >= 0.3 is 6.61 Å². The molecule has 1 N–H and O–H groups in total. The standard InChI is InChI=1S/C21H22F3N3O3.H2/c22-15-8-13-7-14(10-25-17(13)9-18(15)30-21(23)24)19(28)26-16-5-6-27(20(16)29)11-12-3-1-2-4-12;/h7-10,12,16,21H,1-6,11H2,(H,26,28);1H/t16-;/m0./s1. The average molecular weight is 423 g/mol. The number of likely N-dealkylation sites (tertiary alicyclic amines) is 1. The zero-order chi connectivity index (χ0) is 21.3. The molecule has 1 aliphatic carbocycles. The van der Waals surface area contributed by atoms with Crippen LogP contribution in [0.25, 0.3) is 10.9 Å². The molecule has 0 bridgehead atoms. The summed E-state index contributed by atoms with van der Waals surface area (Å²) in [5, 5.41) is 2.99. The fraction of sp³-hybridized carbons (Fsp3) is 0.476. The van der Waals surface area contributed by atoms with Gasteiger partial charge in [0.05, 0.1) is 11.1 Å². The molecule has 2 aliphatic rings. The van der Waals surface area contributed by atoms with Gasteiger partial charge in [-0.3, -0.25) is 14.6 Å². The van der Waals surface area contributed by atoms with Crippen molar-refractivity contribution in [2.24, 2.45) is 5.92 Å². The van der Waals surface area contributed by atoms with Crippen molar-refractivity contribution in [1.29, 1.82) is 0 Å². The molecule has 30 heavy (non-hydrogen) atoms. The van der Waals surface area contributed by atoms with E-state index in [-0.39, 0.29) is 23.8 Å². The second-order valence-corrected chi connectivity index (χ2v) is 7.83. The van der Waals surface area contributed by atoms with Crippen LogP contribution in [0.4, 0.5) is 13.2 Å². The van der Waals surface area contributed by atoms with Crippen molar-refractivity contribution >= 4 is 22.7 Å². The Bertz CT molecular complexity index is 970. The fourth-order valence-electron chi connectivity index (χ4n) is 4.24. The van der Waals surface area contributed by atoms with Gasteiger partial charge in [0.15, 0.2) is 11.6 Å². The molecule has 0 spiro atoms. The molecule has 9 heteroatoms. The smallest absolute Gasteiger partial charge is 0.387 e. The lowest BCUT2D eigenvalue weighted by atomic mass is 10.1. The molecule has 2 heterocycles. The molecular formula is C21H24F3N3O3. The molecular weight excluding hydrogens is 399 g/mol. The Morgan fingerprint density at radius 1 is 1.27 bits per heavy atom. The molecule has 2 amide bonds. The van der Waals surface area contributed by atoms with Gasteiger partial charge in [-0.2, -0.15) is 8.78 Å². The van der Waals surface area contributed by atoms with Crippen LogP contribution in [0.1, 0.15) is 43.9 Å². The number of benzene rings is 1. The van der Waals surface area contributed by atoms with Gasteiger partial charge in [-0.1, -0.05) is 12.8 Å². The topological polar surface area (TPSA) is 71.5 Å². The molecule has 162 valence electrons. The van der Waals surface area contributed by atoms with Gasteiger partial charge in [0.25, 0.3) is 5.91 Å². The molecule has 2 fully saturated rings. The van der Waals surface area contributed by atoms with Crippen molar-refractivity contribution in [2.45, 2.75) is 44.8 Å². The fourth-order valence-corrected chi connectivity index (χ4v) is 4.24. The first-order valence-electron chi connectivity index (χ1n) is 10.0. The lowest BCUT2D eigenvalue weighted by Gasteiger charge is -2.21. The highest BCUT2D eigenvalue weighted by Gasteiger charge is 2.34. The maximum absolute atomic E-state index is 14.0. The van der Waals surface area contributed by atoms with E-state index < -0.39 is 30.1 Å². The summed E-state index contributed by atoms with van der Waals surface area (Å²) in [5.74, 6) is -1.61. The minimum absolute atomic E-state index is 0. The van der Waals surface area contributed by atoms with Crippen LogP contribution in [0.15, 0.2) is 24.4 Å². The summed E-state index contributed by atoms with van der Waals surface area (Å²) in [7, 11) is 0. The van der Waals surface area contributed by atoms with Gasteiger partial charge in [-0.25, -0.2) is 4.39 Å². The Labute approximate surface area is 172 Å². The molecule has 6 nitrogen and oxygen atoms in total. The van der Waals surface area contributed by atoms with Crippen molar-refractivity contribution in [3.05, 3.63) is 35.8 Å². The van der Waals surface area contributed by atoms with Gasteiger partial charge in [0.2, 0.25) is 5.91 Å². The molecule has 2 aromatic rings. The SMILES string of the molecule is O=C(N[C@H]1CCN(CC2CCCC2)C1=O)c1cnc2cc(OC(F)F)c(F)cc2c1.[HH]. The summed E-state index contributed by atoms with van der Waals surface area (Å²) in [5.41, 5.74) is 0.370. The molecule has 1 aromatic heterocycles. The molecule has 0 radical (unpaired) electrons. The summed E-state index contributed by atoms with van der Waals surface area (Å²) in [6.07, 6.45) is 6.50. The maximum atomic E-state index is 14.0. The largest absolute Gasteiger partial charge is 0.432 e. The summed E-state index contributed by atoms with van der Waals surface area (Å²) >= 11 is 0. The quantitative estimate of drug-likeness (QED) is 0.768. The number of rotatable bonds is 6. The van der Waals surface area contributed by atoms with Crippen molar-refractivity contribution < 1.29 is 28.9 Å². The van der Waals surface area contributed by atoms with Gasteiger partial charge in [-0.05, 0) is 37.3 Å². The predicted octanol–water partition coefficient (Wildman–Crippen LogP) is 3.74. The van der Waals surface area contributed by atoms with Crippen LogP contribution in [0.3, 0.4) is 0 Å².